The van der Waals surface area contributed by atoms with Gasteiger partial charge in [-0.3, -0.25) is 9.78 Å². The number of halogens is 2. The monoisotopic (exact) mass is 540 g/mol. The SMILES string of the molecule is CNc1cc(F)c(Oc2ccnc3cc(OCCO)c(OC)cc23)c(F)c1.O=Cc1nnccc1OC1CC1. The highest BCUT2D eigenvalue weighted by atomic mass is 19.1. The molecule has 1 fully saturated rings. The molecule has 2 aromatic heterocycles. The largest absolute Gasteiger partial charge is 0.493 e. The molecule has 1 aliphatic rings. The maximum absolute atomic E-state index is 14.2. The third-order valence-electron chi connectivity index (χ3n) is 5.47. The van der Waals surface area contributed by atoms with Gasteiger partial charge in [-0.2, -0.15) is 5.10 Å². The van der Waals surface area contributed by atoms with Crippen molar-refractivity contribution in [3.8, 4) is 28.7 Å². The van der Waals surface area contributed by atoms with Gasteiger partial charge in [0, 0.05) is 48.6 Å². The summed E-state index contributed by atoms with van der Waals surface area (Å²) in [6, 6.07) is 8.65. The number of anilines is 1. The van der Waals surface area contributed by atoms with Gasteiger partial charge in [0.1, 0.15) is 12.4 Å². The average molecular weight is 541 g/mol. The summed E-state index contributed by atoms with van der Waals surface area (Å²) in [6.07, 6.45) is 6.06. The van der Waals surface area contributed by atoms with Crippen LogP contribution in [-0.4, -0.2) is 60.0 Å². The lowest BCUT2D eigenvalue weighted by Gasteiger charge is -2.14. The van der Waals surface area contributed by atoms with Crippen LogP contribution in [0, 0.1) is 11.6 Å². The Morgan fingerprint density at radius 1 is 1.05 bits per heavy atom. The summed E-state index contributed by atoms with van der Waals surface area (Å²) >= 11 is 0. The maximum Gasteiger partial charge on any atom is 0.198 e. The standard InChI is InChI=1S/C19H18F2N2O4.C8H8N2O2/c1-22-11-7-13(20)19(14(21)8-11)27-16-3-4-23-15-10-18(26-6-5-24)17(25-2)9-12(15)16;11-5-7-8(3-4-9-10-7)12-6-1-2-6/h3-4,7-10,22,24H,5-6H2,1-2H3;3-6H,1-2H2. The number of aliphatic hydroxyl groups is 1. The van der Waals surface area contributed by atoms with Crippen molar-refractivity contribution in [2.45, 2.75) is 18.9 Å². The van der Waals surface area contributed by atoms with E-state index < -0.39 is 17.4 Å². The van der Waals surface area contributed by atoms with E-state index in [1.807, 2.05) is 0 Å². The highest BCUT2D eigenvalue weighted by Gasteiger charge is 2.24. The Balaban J connectivity index is 0.000000243. The molecule has 0 bridgehead atoms. The maximum atomic E-state index is 14.2. The van der Waals surface area contributed by atoms with Crippen molar-refractivity contribution in [2.75, 3.05) is 32.7 Å². The fourth-order valence-electron chi connectivity index (χ4n) is 3.44. The Labute approximate surface area is 222 Å². The number of ether oxygens (including phenoxy) is 4. The molecule has 1 aliphatic carbocycles. The molecule has 204 valence electrons. The molecule has 2 heterocycles. The molecule has 12 heteroatoms. The summed E-state index contributed by atoms with van der Waals surface area (Å²) in [4.78, 5) is 14.7. The molecule has 0 radical (unpaired) electrons. The van der Waals surface area contributed by atoms with E-state index in [0.717, 1.165) is 25.0 Å². The predicted octanol–water partition coefficient (Wildman–Crippen LogP) is 4.56. The normalized spacial score (nSPS) is 12.2. The van der Waals surface area contributed by atoms with E-state index in [0.29, 0.717) is 40.1 Å². The highest BCUT2D eigenvalue weighted by molar-refractivity contribution is 5.88. The van der Waals surface area contributed by atoms with E-state index in [2.05, 4.69) is 20.5 Å². The lowest BCUT2D eigenvalue weighted by Crippen LogP contribution is -2.03. The molecule has 2 N–H and O–H groups in total. The number of benzene rings is 2. The van der Waals surface area contributed by atoms with Gasteiger partial charge in [-0.15, -0.1) is 5.10 Å². The number of nitrogens with zero attached hydrogens (tertiary/aromatic N) is 3. The third kappa shape index (κ3) is 6.85. The zero-order valence-electron chi connectivity index (χ0n) is 21.2. The van der Waals surface area contributed by atoms with Crippen molar-refractivity contribution < 1.29 is 37.6 Å². The van der Waals surface area contributed by atoms with Gasteiger partial charge in [0.25, 0.3) is 0 Å². The fourth-order valence-corrected chi connectivity index (χ4v) is 3.44. The van der Waals surface area contributed by atoms with Crippen molar-refractivity contribution >= 4 is 22.9 Å². The zero-order chi connectivity index (χ0) is 27.8. The number of carbonyl (C=O) groups is 1. The summed E-state index contributed by atoms with van der Waals surface area (Å²) in [5.74, 6) is -0.663. The molecule has 0 aliphatic heterocycles. The Morgan fingerprint density at radius 3 is 2.44 bits per heavy atom. The first kappa shape index (κ1) is 27.5. The predicted molar refractivity (Wildman–Crippen MR) is 138 cm³/mol. The van der Waals surface area contributed by atoms with Crippen molar-refractivity contribution in [1.29, 1.82) is 0 Å². The van der Waals surface area contributed by atoms with Gasteiger partial charge in [-0.05, 0) is 25.0 Å². The zero-order valence-corrected chi connectivity index (χ0v) is 21.2. The molecule has 10 nitrogen and oxygen atoms in total. The number of methoxy groups -OCH3 is 1. The van der Waals surface area contributed by atoms with Gasteiger partial charge in [0.05, 0.1) is 31.5 Å². The second kappa shape index (κ2) is 12.8. The summed E-state index contributed by atoms with van der Waals surface area (Å²) in [5.41, 5.74) is 1.06. The summed E-state index contributed by atoms with van der Waals surface area (Å²) in [7, 11) is 3.02. The molecule has 0 atom stereocenters. The number of fused-ring (bicyclic) bond motifs is 1. The van der Waals surface area contributed by atoms with Crippen molar-refractivity contribution in [1.82, 2.24) is 15.2 Å². The molecule has 0 amide bonds. The number of nitrogens with one attached hydrogen (secondary N) is 1. The van der Waals surface area contributed by atoms with E-state index in [9.17, 15) is 13.6 Å². The molecular weight excluding hydrogens is 514 g/mol. The van der Waals surface area contributed by atoms with Gasteiger partial charge < -0.3 is 29.4 Å². The van der Waals surface area contributed by atoms with Gasteiger partial charge in [-0.1, -0.05) is 0 Å². The van der Waals surface area contributed by atoms with Crippen LogP contribution in [0.15, 0.2) is 48.8 Å². The van der Waals surface area contributed by atoms with Crippen LogP contribution in [0.5, 0.6) is 28.7 Å². The molecule has 39 heavy (non-hydrogen) atoms. The van der Waals surface area contributed by atoms with Crippen LogP contribution >= 0.6 is 0 Å². The number of rotatable bonds is 10. The Kier molecular flexibility index (Phi) is 9.00. The van der Waals surface area contributed by atoms with Crippen molar-refractivity contribution in [3.63, 3.8) is 0 Å². The second-order valence-corrected chi connectivity index (χ2v) is 8.24. The minimum absolute atomic E-state index is 0.0896. The summed E-state index contributed by atoms with van der Waals surface area (Å²) in [5, 5.41) is 19.3. The molecule has 5 rings (SSSR count). The van der Waals surface area contributed by atoms with E-state index >= 15 is 0 Å². The Hall–Kier alpha value is -4.58. The van der Waals surface area contributed by atoms with Crippen LogP contribution in [-0.2, 0) is 0 Å². The van der Waals surface area contributed by atoms with E-state index in [-0.39, 0.29) is 30.8 Å². The molecule has 4 aromatic rings. The van der Waals surface area contributed by atoms with Crippen LogP contribution in [0.25, 0.3) is 10.9 Å². The lowest BCUT2D eigenvalue weighted by molar-refractivity contribution is 0.111. The molecule has 1 saturated carbocycles. The number of pyridine rings is 1. The molecule has 0 spiro atoms. The lowest BCUT2D eigenvalue weighted by atomic mass is 10.1. The van der Waals surface area contributed by atoms with E-state index in [4.69, 9.17) is 24.1 Å². The van der Waals surface area contributed by atoms with Gasteiger partial charge in [0.15, 0.2) is 46.6 Å². The first-order chi connectivity index (χ1) is 19.0. The first-order valence-corrected chi connectivity index (χ1v) is 12.0. The summed E-state index contributed by atoms with van der Waals surface area (Å²) < 4.78 is 50.1. The molecule has 0 unspecified atom stereocenters. The van der Waals surface area contributed by atoms with Crippen molar-refractivity contribution in [2.24, 2.45) is 0 Å². The van der Waals surface area contributed by atoms with Crippen LogP contribution in [0.2, 0.25) is 0 Å². The Morgan fingerprint density at radius 2 is 1.79 bits per heavy atom. The number of carbonyl (C=O) groups excluding carboxylic acids is 1. The number of aliphatic hydroxyl groups excluding tert-OH is 1. The second-order valence-electron chi connectivity index (χ2n) is 8.24. The molecular formula is C27H26F2N4O6. The smallest absolute Gasteiger partial charge is 0.198 e. The van der Waals surface area contributed by atoms with Crippen LogP contribution < -0.4 is 24.3 Å². The number of hydrogen-bond donors (Lipinski definition) is 2. The molecule has 0 saturated heterocycles. The number of hydrogen-bond acceptors (Lipinski definition) is 10. The number of aldehydes is 1. The van der Waals surface area contributed by atoms with Crippen molar-refractivity contribution in [3.05, 3.63) is 66.1 Å². The Bertz CT molecular complexity index is 1430. The minimum atomic E-state index is -0.834. The van der Waals surface area contributed by atoms with Crippen LogP contribution in [0.4, 0.5) is 14.5 Å². The van der Waals surface area contributed by atoms with Crippen LogP contribution in [0.1, 0.15) is 23.3 Å². The minimum Gasteiger partial charge on any atom is -0.493 e. The fraction of sp³-hybridized carbons (Fsp3) is 0.259. The third-order valence-corrected chi connectivity index (χ3v) is 5.47. The van der Waals surface area contributed by atoms with Crippen LogP contribution in [0.3, 0.4) is 0 Å². The number of aromatic nitrogens is 3. The van der Waals surface area contributed by atoms with Gasteiger partial charge in [-0.25, -0.2) is 8.78 Å². The quantitative estimate of drug-likeness (QED) is 0.277. The average Bonchev–Trinajstić information content (AvgIpc) is 3.78. The summed E-state index contributed by atoms with van der Waals surface area (Å²) in [6.45, 7) is -0.0643. The van der Waals surface area contributed by atoms with E-state index in [1.54, 1.807) is 25.2 Å². The highest BCUT2D eigenvalue weighted by Crippen LogP contribution is 2.38. The van der Waals surface area contributed by atoms with Gasteiger partial charge in [0.2, 0.25) is 0 Å². The van der Waals surface area contributed by atoms with Gasteiger partial charge >= 0.3 is 0 Å². The first-order valence-electron chi connectivity index (χ1n) is 12.0. The van der Waals surface area contributed by atoms with E-state index in [1.165, 1.54) is 25.6 Å². The molecule has 2 aromatic carbocycles. The topological polar surface area (TPSA) is 125 Å².